The fourth-order valence-electron chi connectivity index (χ4n) is 3.20. The zero-order valence-electron chi connectivity index (χ0n) is 15.8. The monoisotopic (exact) mass is 389 g/mol. The molecule has 0 radical (unpaired) electrons. The van der Waals surface area contributed by atoms with Crippen LogP contribution in [0.4, 0.5) is 4.79 Å². The highest BCUT2D eigenvalue weighted by molar-refractivity contribution is 8.00. The second kappa shape index (κ2) is 8.08. The Morgan fingerprint density at radius 1 is 1.37 bits per heavy atom. The Balaban J connectivity index is 2.10. The Hall–Kier alpha value is -2.41. The number of thioether (sulfide) groups is 1. The van der Waals surface area contributed by atoms with Crippen LogP contribution in [0.25, 0.3) is 0 Å². The van der Waals surface area contributed by atoms with E-state index in [-0.39, 0.29) is 13.2 Å². The molecular formula is C20H23NO5S. The number of allylic oxidation sites excluding steroid dienone is 2. The van der Waals surface area contributed by atoms with Gasteiger partial charge >= 0.3 is 12.1 Å². The summed E-state index contributed by atoms with van der Waals surface area (Å²) in [5.41, 5.74) is 2.76. The molecule has 2 heterocycles. The summed E-state index contributed by atoms with van der Waals surface area (Å²) in [7, 11) is 0. The lowest BCUT2D eigenvalue weighted by molar-refractivity contribution is -0.136. The molecule has 7 heteroatoms. The van der Waals surface area contributed by atoms with Gasteiger partial charge in [-0.2, -0.15) is 0 Å². The average Bonchev–Trinajstić information content (AvgIpc) is 2.97. The minimum Gasteiger partial charge on any atom is -0.456 e. The Kier molecular flexibility index (Phi) is 5.79. The lowest BCUT2D eigenvalue weighted by Crippen LogP contribution is -2.28. The minimum atomic E-state index is -0.789. The SMILES string of the molecule is CCOC(=O)OC1=C(C)NC2=C(C(=O)OC2)C1c1ccccc1SC(C)C. The molecular weight excluding hydrogens is 366 g/mol. The smallest absolute Gasteiger partial charge is 0.456 e. The van der Waals surface area contributed by atoms with E-state index in [0.29, 0.717) is 28.0 Å². The molecule has 0 saturated heterocycles. The molecule has 2 aliphatic rings. The van der Waals surface area contributed by atoms with Gasteiger partial charge in [0.15, 0.2) is 0 Å². The summed E-state index contributed by atoms with van der Waals surface area (Å²) in [5.74, 6) is -0.560. The van der Waals surface area contributed by atoms with Crippen LogP contribution in [-0.2, 0) is 19.0 Å². The zero-order valence-corrected chi connectivity index (χ0v) is 16.6. The normalized spacial score (nSPS) is 19.0. The van der Waals surface area contributed by atoms with Gasteiger partial charge in [0.1, 0.15) is 12.4 Å². The van der Waals surface area contributed by atoms with Gasteiger partial charge in [0.25, 0.3) is 0 Å². The van der Waals surface area contributed by atoms with Crippen molar-refractivity contribution < 1.29 is 23.8 Å². The van der Waals surface area contributed by atoms with E-state index in [1.165, 1.54) is 0 Å². The fourth-order valence-corrected chi connectivity index (χ4v) is 4.18. The Morgan fingerprint density at radius 2 is 2.11 bits per heavy atom. The number of hydrogen-bond acceptors (Lipinski definition) is 7. The van der Waals surface area contributed by atoms with Crippen molar-refractivity contribution in [3.05, 3.63) is 52.6 Å². The van der Waals surface area contributed by atoms with Crippen LogP contribution in [-0.4, -0.2) is 30.6 Å². The van der Waals surface area contributed by atoms with E-state index in [2.05, 4.69) is 19.2 Å². The van der Waals surface area contributed by atoms with Gasteiger partial charge in [-0.1, -0.05) is 32.0 Å². The summed E-state index contributed by atoms with van der Waals surface area (Å²) < 4.78 is 15.7. The molecule has 6 nitrogen and oxygen atoms in total. The van der Waals surface area contributed by atoms with Gasteiger partial charge in [-0.25, -0.2) is 9.59 Å². The Morgan fingerprint density at radius 3 is 2.81 bits per heavy atom. The number of benzene rings is 1. The van der Waals surface area contributed by atoms with Gasteiger partial charge in [0.05, 0.1) is 29.5 Å². The van der Waals surface area contributed by atoms with E-state index in [1.807, 2.05) is 31.2 Å². The van der Waals surface area contributed by atoms with Gasteiger partial charge in [0.2, 0.25) is 0 Å². The summed E-state index contributed by atoms with van der Waals surface area (Å²) in [6.07, 6.45) is -0.789. The maximum Gasteiger partial charge on any atom is 0.513 e. The highest BCUT2D eigenvalue weighted by atomic mass is 32.2. The summed E-state index contributed by atoms with van der Waals surface area (Å²) >= 11 is 1.70. The lowest BCUT2D eigenvalue weighted by Gasteiger charge is -2.29. The molecule has 1 atom stereocenters. The molecule has 0 amide bonds. The first-order valence-electron chi connectivity index (χ1n) is 8.90. The molecule has 1 aromatic carbocycles. The van der Waals surface area contributed by atoms with Crippen LogP contribution in [0.1, 0.15) is 39.2 Å². The summed E-state index contributed by atoms with van der Waals surface area (Å²) in [5, 5.41) is 3.50. The van der Waals surface area contributed by atoms with Gasteiger partial charge in [-0.05, 0) is 25.5 Å². The molecule has 27 heavy (non-hydrogen) atoms. The number of carbonyl (C=O) groups is 2. The highest BCUT2D eigenvalue weighted by Gasteiger charge is 2.41. The van der Waals surface area contributed by atoms with Crippen LogP contribution < -0.4 is 5.32 Å². The third-order valence-corrected chi connectivity index (χ3v) is 5.30. The molecule has 0 bridgehead atoms. The topological polar surface area (TPSA) is 73.9 Å². The molecule has 2 aliphatic heterocycles. The molecule has 0 saturated carbocycles. The van der Waals surface area contributed by atoms with Crippen molar-refractivity contribution in [1.82, 2.24) is 5.32 Å². The van der Waals surface area contributed by atoms with Crippen molar-refractivity contribution in [2.24, 2.45) is 0 Å². The number of cyclic esters (lactones) is 1. The largest absolute Gasteiger partial charge is 0.513 e. The highest BCUT2D eigenvalue weighted by Crippen LogP contribution is 2.44. The minimum absolute atomic E-state index is 0.189. The quantitative estimate of drug-likeness (QED) is 0.600. The number of carbonyl (C=O) groups excluding carboxylic acids is 2. The van der Waals surface area contributed by atoms with E-state index in [0.717, 1.165) is 10.5 Å². The molecule has 0 aromatic heterocycles. The molecule has 1 aromatic rings. The van der Waals surface area contributed by atoms with Crippen LogP contribution in [0.15, 0.2) is 51.9 Å². The molecule has 1 unspecified atom stereocenters. The van der Waals surface area contributed by atoms with E-state index in [4.69, 9.17) is 14.2 Å². The van der Waals surface area contributed by atoms with Crippen molar-refractivity contribution >= 4 is 23.9 Å². The van der Waals surface area contributed by atoms with Crippen LogP contribution in [0.5, 0.6) is 0 Å². The first-order chi connectivity index (χ1) is 12.9. The van der Waals surface area contributed by atoms with E-state index >= 15 is 0 Å². The molecule has 144 valence electrons. The van der Waals surface area contributed by atoms with Crippen LogP contribution in [0.3, 0.4) is 0 Å². The van der Waals surface area contributed by atoms with Crippen molar-refractivity contribution in [3.8, 4) is 0 Å². The fraction of sp³-hybridized carbons (Fsp3) is 0.400. The standard InChI is InChI=1S/C20H23NO5S/c1-5-24-20(23)26-18-12(4)21-14-10-25-19(22)17(14)16(18)13-8-6-7-9-15(13)27-11(2)3/h6-9,11,16,21H,5,10H2,1-4H3. The van der Waals surface area contributed by atoms with Crippen LogP contribution in [0, 0.1) is 0 Å². The number of dihydropyridines is 1. The van der Waals surface area contributed by atoms with E-state index in [1.54, 1.807) is 18.7 Å². The Bertz CT molecular complexity index is 827. The molecule has 1 N–H and O–H groups in total. The summed E-state index contributed by atoms with van der Waals surface area (Å²) in [6.45, 7) is 8.13. The third-order valence-electron chi connectivity index (χ3n) is 4.20. The number of esters is 1. The van der Waals surface area contributed by atoms with Gasteiger partial charge < -0.3 is 19.5 Å². The predicted octanol–water partition coefficient (Wildman–Crippen LogP) is 4.09. The predicted molar refractivity (Wildman–Crippen MR) is 102 cm³/mol. The maximum absolute atomic E-state index is 12.5. The molecule has 0 spiro atoms. The van der Waals surface area contributed by atoms with Crippen LogP contribution >= 0.6 is 11.8 Å². The molecule has 0 aliphatic carbocycles. The molecule has 3 rings (SSSR count). The van der Waals surface area contributed by atoms with Crippen molar-refractivity contribution in [2.75, 3.05) is 13.2 Å². The van der Waals surface area contributed by atoms with E-state index in [9.17, 15) is 9.59 Å². The first-order valence-corrected chi connectivity index (χ1v) is 9.78. The second-order valence-corrected chi connectivity index (χ2v) is 8.12. The van der Waals surface area contributed by atoms with Crippen molar-refractivity contribution in [3.63, 3.8) is 0 Å². The number of rotatable bonds is 5. The van der Waals surface area contributed by atoms with Crippen molar-refractivity contribution in [1.29, 1.82) is 0 Å². The van der Waals surface area contributed by atoms with Gasteiger partial charge in [-0.3, -0.25) is 0 Å². The summed E-state index contributed by atoms with van der Waals surface area (Å²) in [4.78, 5) is 25.5. The Labute approximate surface area is 162 Å². The number of nitrogens with one attached hydrogen (secondary N) is 1. The lowest BCUT2D eigenvalue weighted by atomic mass is 9.85. The zero-order chi connectivity index (χ0) is 19.6. The first kappa shape index (κ1) is 19.4. The van der Waals surface area contributed by atoms with Gasteiger partial charge in [-0.15, -0.1) is 11.8 Å². The number of ether oxygens (including phenoxy) is 3. The molecule has 0 fully saturated rings. The maximum atomic E-state index is 12.5. The van der Waals surface area contributed by atoms with E-state index < -0.39 is 18.0 Å². The number of hydrogen-bond donors (Lipinski definition) is 1. The van der Waals surface area contributed by atoms with Crippen LogP contribution in [0.2, 0.25) is 0 Å². The third kappa shape index (κ3) is 3.98. The average molecular weight is 389 g/mol. The second-order valence-electron chi connectivity index (χ2n) is 6.51. The van der Waals surface area contributed by atoms with Gasteiger partial charge in [0, 0.05) is 10.1 Å². The summed E-state index contributed by atoms with van der Waals surface area (Å²) in [6, 6.07) is 7.85. The van der Waals surface area contributed by atoms with Crippen molar-refractivity contribution in [2.45, 2.75) is 43.8 Å².